The van der Waals surface area contributed by atoms with E-state index in [-0.39, 0.29) is 17.0 Å². The molecule has 3 aromatic heterocycles. The Bertz CT molecular complexity index is 1270. The number of nitrogens with one attached hydrogen (secondary N) is 1. The Morgan fingerprint density at radius 2 is 2.07 bits per heavy atom. The van der Waals surface area contributed by atoms with Crippen molar-refractivity contribution in [3.63, 3.8) is 0 Å². The summed E-state index contributed by atoms with van der Waals surface area (Å²) in [6.45, 7) is 1.43. The number of amides is 1. The van der Waals surface area contributed by atoms with E-state index < -0.39 is 18.4 Å². The fourth-order valence-electron chi connectivity index (χ4n) is 2.98. The number of nitrogens with zero attached hydrogens (tertiary/aromatic N) is 4. The van der Waals surface area contributed by atoms with Crippen molar-refractivity contribution in [1.82, 2.24) is 24.9 Å². The van der Waals surface area contributed by atoms with Crippen molar-refractivity contribution in [2.45, 2.75) is 16.8 Å². The Morgan fingerprint density at radius 3 is 2.86 bits per heavy atom. The van der Waals surface area contributed by atoms with Crippen molar-refractivity contribution in [2.75, 3.05) is 6.54 Å². The van der Waals surface area contributed by atoms with E-state index in [0.717, 1.165) is 21.2 Å². The molecule has 4 aromatic rings. The molecule has 0 saturated heterocycles. The molecule has 3 N–H and O–H groups in total. The molecule has 3 heterocycles. The average Bonchev–Trinajstić information content (AvgIpc) is 3.17. The van der Waals surface area contributed by atoms with Gasteiger partial charge in [-0.3, -0.25) is 14.6 Å². The Labute approximate surface area is 168 Å². The maximum Gasteiger partial charge on any atom is 0.322 e. The Kier molecular flexibility index (Phi) is 4.77. The van der Waals surface area contributed by atoms with Crippen molar-refractivity contribution in [3.05, 3.63) is 54.1 Å². The van der Waals surface area contributed by atoms with Crippen molar-refractivity contribution in [1.29, 1.82) is 0 Å². The number of carbonyl (C=O) groups excluding carboxylic acids is 1. The van der Waals surface area contributed by atoms with Crippen LogP contribution in [0.3, 0.4) is 0 Å². The Morgan fingerprint density at radius 1 is 1.24 bits per heavy atom. The standard InChI is InChI=1S/C19H15N5O4S/c1-10-3-2-4-11-12(10)6-20-7-14(11)29-15-5-13(25)17(18-22-9-23-24(15)18)19(28)21-8-16(26)27/h2-7,9,25H,8H2,1H3,(H,21,28)(H,26,27). The first-order valence-corrected chi connectivity index (χ1v) is 9.34. The van der Waals surface area contributed by atoms with Crippen molar-refractivity contribution in [3.8, 4) is 5.75 Å². The smallest absolute Gasteiger partial charge is 0.322 e. The molecular formula is C19H15N5O4S. The highest BCUT2D eigenvalue weighted by atomic mass is 32.2. The van der Waals surface area contributed by atoms with Gasteiger partial charge >= 0.3 is 5.97 Å². The number of aryl methyl sites for hydroxylation is 1. The molecule has 0 bridgehead atoms. The molecule has 0 saturated carbocycles. The van der Waals surface area contributed by atoms with E-state index in [0.29, 0.717) is 5.03 Å². The fourth-order valence-corrected chi connectivity index (χ4v) is 4.00. The van der Waals surface area contributed by atoms with Gasteiger partial charge in [-0.05, 0) is 17.9 Å². The summed E-state index contributed by atoms with van der Waals surface area (Å²) in [5.74, 6) is -2.26. The van der Waals surface area contributed by atoms with Gasteiger partial charge in [-0.25, -0.2) is 9.50 Å². The van der Waals surface area contributed by atoms with E-state index in [9.17, 15) is 14.7 Å². The third kappa shape index (κ3) is 3.45. The van der Waals surface area contributed by atoms with Crippen LogP contribution in [0, 0.1) is 6.92 Å². The van der Waals surface area contributed by atoms with Crippen LogP contribution in [0.25, 0.3) is 16.4 Å². The Hall–Kier alpha value is -3.66. The molecule has 0 aliphatic heterocycles. The van der Waals surface area contributed by atoms with Crippen LogP contribution in [0.1, 0.15) is 15.9 Å². The number of carboxylic acids is 1. The van der Waals surface area contributed by atoms with Crippen LogP contribution in [0.4, 0.5) is 0 Å². The van der Waals surface area contributed by atoms with Gasteiger partial charge in [-0.15, -0.1) is 0 Å². The third-order valence-electron chi connectivity index (χ3n) is 4.32. The lowest BCUT2D eigenvalue weighted by molar-refractivity contribution is -0.135. The van der Waals surface area contributed by atoms with Crippen LogP contribution in [-0.2, 0) is 4.79 Å². The van der Waals surface area contributed by atoms with Crippen LogP contribution in [0.15, 0.2) is 52.9 Å². The summed E-state index contributed by atoms with van der Waals surface area (Å²) < 4.78 is 1.43. The van der Waals surface area contributed by atoms with E-state index in [1.807, 2.05) is 25.1 Å². The summed E-state index contributed by atoms with van der Waals surface area (Å²) in [6, 6.07) is 7.35. The van der Waals surface area contributed by atoms with Gasteiger partial charge < -0.3 is 15.5 Å². The lowest BCUT2D eigenvalue weighted by Gasteiger charge is -2.11. The number of rotatable bonds is 5. The van der Waals surface area contributed by atoms with Crippen molar-refractivity contribution < 1.29 is 19.8 Å². The number of hydrogen-bond acceptors (Lipinski definition) is 7. The summed E-state index contributed by atoms with van der Waals surface area (Å²) >= 11 is 1.32. The second-order valence-electron chi connectivity index (χ2n) is 6.22. The number of fused-ring (bicyclic) bond motifs is 2. The molecule has 0 radical (unpaired) electrons. The second-order valence-corrected chi connectivity index (χ2v) is 7.29. The van der Waals surface area contributed by atoms with Gasteiger partial charge in [-0.2, -0.15) is 5.10 Å². The average molecular weight is 409 g/mol. The number of pyridine rings is 2. The molecule has 0 aliphatic rings. The van der Waals surface area contributed by atoms with Gasteiger partial charge in [0.1, 0.15) is 29.2 Å². The Balaban J connectivity index is 1.78. The molecule has 9 nitrogen and oxygen atoms in total. The van der Waals surface area contributed by atoms with Gasteiger partial charge in [0.15, 0.2) is 5.65 Å². The SMILES string of the molecule is Cc1cccc2c(Sc3cc(O)c(C(=O)NCC(=O)O)c4ncnn34)cncc12. The predicted octanol–water partition coefficient (Wildman–Crippen LogP) is 2.26. The maximum atomic E-state index is 12.3. The van der Waals surface area contributed by atoms with Gasteiger partial charge in [0.25, 0.3) is 5.91 Å². The molecule has 1 amide bonds. The molecule has 1 aromatic carbocycles. The monoisotopic (exact) mass is 409 g/mol. The van der Waals surface area contributed by atoms with E-state index >= 15 is 0 Å². The fraction of sp³-hybridized carbons (Fsp3) is 0.105. The molecule has 146 valence electrons. The van der Waals surface area contributed by atoms with E-state index in [2.05, 4.69) is 20.4 Å². The minimum absolute atomic E-state index is 0.125. The largest absolute Gasteiger partial charge is 0.507 e. The van der Waals surface area contributed by atoms with Crippen molar-refractivity contribution in [2.24, 2.45) is 0 Å². The summed E-state index contributed by atoms with van der Waals surface area (Å²) in [5.41, 5.74) is 1.08. The molecule has 10 heteroatoms. The minimum Gasteiger partial charge on any atom is -0.507 e. The molecule has 0 atom stereocenters. The number of carbonyl (C=O) groups is 2. The quantitative estimate of drug-likeness (QED) is 0.458. The minimum atomic E-state index is -1.19. The summed E-state index contributed by atoms with van der Waals surface area (Å²) in [4.78, 5) is 32.2. The van der Waals surface area contributed by atoms with Gasteiger partial charge in [-0.1, -0.05) is 30.0 Å². The summed E-state index contributed by atoms with van der Waals surface area (Å²) in [7, 11) is 0. The number of hydrogen-bond donors (Lipinski definition) is 3. The highest BCUT2D eigenvalue weighted by molar-refractivity contribution is 7.99. The third-order valence-corrected chi connectivity index (χ3v) is 5.37. The normalized spacial score (nSPS) is 11.1. The number of aromatic nitrogens is 4. The van der Waals surface area contributed by atoms with E-state index in [1.54, 1.807) is 12.4 Å². The molecule has 29 heavy (non-hydrogen) atoms. The number of aromatic hydroxyl groups is 1. The van der Waals surface area contributed by atoms with Gasteiger partial charge in [0.05, 0.1) is 0 Å². The molecule has 0 unspecified atom stereocenters. The zero-order chi connectivity index (χ0) is 20.5. The van der Waals surface area contributed by atoms with Gasteiger partial charge in [0.2, 0.25) is 0 Å². The first kappa shape index (κ1) is 18.7. The predicted molar refractivity (Wildman–Crippen MR) is 105 cm³/mol. The summed E-state index contributed by atoms with van der Waals surface area (Å²) in [6.07, 6.45) is 4.78. The van der Waals surface area contributed by atoms with E-state index in [1.165, 1.54) is 28.7 Å². The number of aliphatic carboxylic acids is 1. The first-order valence-electron chi connectivity index (χ1n) is 8.52. The van der Waals surface area contributed by atoms with Crippen LogP contribution in [-0.4, -0.2) is 48.2 Å². The summed E-state index contributed by atoms with van der Waals surface area (Å²) in [5, 5.41) is 28.1. The zero-order valence-corrected chi connectivity index (χ0v) is 16.0. The van der Waals surface area contributed by atoms with E-state index in [4.69, 9.17) is 5.11 Å². The number of carboxylic acid groups (broad SMARTS) is 1. The van der Waals surface area contributed by atoms with Crippen molar-refractivity contribution >= 4 is 40.1 Å². The first-order chi connectivity index (χ1) is 14.0. The highest BCUT2D eigenvalue weighted by Crippen LogP contribution is 2.36. The lowest BCUT2D eigenvalue weighted by Crippen LogP contribution is -2.29. The molecule has 0 aliphatic carbocycles. The second kappa shape index (κ2) is 7.40. The zero-order valence-electron chi connectivity index (χ0n) is 15.2. The number of benzene rings is 1. The van der Waals surface area contributed by atoms with Crippen LogP contribution >= 0.6 is 11.8 Å². The topological polar surface area (TPSA) is 130 Å². The molecular weight excluding hydrogens is 394 g/mol. The maximum absolute atomic E-state index is 12.3. The van der Waals surface area contributed by atoms with Crippen LogP contribution < -0.4 is 5.32 Å². The highest BCUT2D eigenvalue weighted by Gasteiger charge is 2.21. The van der Waals surface area contributed by atoms with Crippen LogP contribution in [0.2, 0.25) is 0 Å². The molecule has 0 spiro atoms. The van der Waals surface area contributed by atoms with Gasteiger partial charge in [0, 0.05) is 28.7 Å². The lowest BCUT2D eigenvalue weighted by atomic mass is 10.1. The molecule has 4 rings (SSSR count). The molecule has 0 fully saturated rings. The van der Waals surface area contributed by atoms with Crippen LogP contribution in [0.5, 0.6) is 5.75 Å².